The molecule has 0 spiro atoms. The Kier molecular flexibility index (Phi) is 8.89. The van der Waals surface area contributed by atoms with Crippen LogP contribution in [0, 0.1) is 0 Å². The first-order valence-electron chi connectivity index (χ1n) is 12.8. The van der Waals surface area contributed by atoms with Crippen molar-refractivity contribution >= 4 is 40.4 Å². The molecule has 2 aromatic rings. The molecule has 0 aromatic heterocycles. The monoisotopic (exact) mass is 521 g/mol. The van der Waals surface area contributed by atoms with E-state index in [-0.39, 0.29) is 18.2 Å². The number of rotatable bonds is 9. The molecule has 0 aliphatic carbocycles. The van der Waals surface area contributed by atoms with Gasteiger partial charge in [0.25, 0.3) is 5.91 Å². The molecule has 2 aliphatic rings. The first kappa shape index (κ1) is 26.8. The summed E-state index contributed by atoms with van der Waals surface area (Å²) in [5.41, 5.74) is 11.0. The largest absolute Gasteiger partial charge is 0.387 e. The van der Waals surface area contributed by atoms with Crippen molar-refractivity contribution in [1.82, 2.24) is 9.80 Å². The Bertz CT molecular complexity index is 1230. The van der Waals surface area contributed by atoms with E-state index in [1.165, 1.54) is 0 Å². The summed E-state index contributed by atoms with van der Waals surface area (Å²) in [5.74, 6) is 0.730. The van der Waals surface area contributed by atoms with Crippen LogP contribution in [0.15, 0.2) is 53.0 Å². The molecule has 1 fully saturated rings. The average molecular weight is 522 g/mol. The van der Waals surface area contributed by atoms with Crippen molar-refractivity contribution in [2.45, 2.75) is 39.0 Å². The molecular weight excluding hydrogens is 486 g/mol. The van der Waals surface area contributed by atoms with Crippen molar-refractivity contribution in [2.75, 3.05) is 31.9 Å². The Balaban J connectivity index is 1.54. The predicted molar refractivity (Wildman–Crippen MR) is 150 cm³/mol. The van der Waals surface area contributed by atoms with E-state index in [4.69, 9.17) is 10.9 Å². The highest BCUT2D eigenvalue weighted by Gasteiger charge is 2.22. The number of carbonyl (C=O) groups excluding carboxylic acids is 2. The van der Waals surface area contributed by atoms with Gasteiger partial charge in [0.05, 0.1) is 16.7 Å². The summed E-state index contributed by atoms with van der Waals surface area (Å²) in [7, 11) is -1.38. The minimum absolute atomic E-state index is 0.0825. The number of nitrogens with zero attached hydrogens (tertiary/aromatic N) is 3. The van der Waals surface area contributed by atoms with Crippen LogP contribution in [0.5, 0.6) is 0 Å². The number of hydrogen-bond acceptors (Lipinski definition) is 5. The maximum Gasteiger partial charge on any atom is 0.253 e. The van der Waals surface area contributed by atoms with Gasteiger partial charge < -0.3 is 15.5 Å². The molecule has 196 valence electrons. The second-order valence-electron chi connectivity index (χ2n) is 9.53. The van der Waals surface area contributed by atoms with Gasteiger partial charge in [-0.05, 0) is 61.1 Å². The number of aliphatic imine (C=N–C) groups is 1. The summed E-state index contributed by atoms with van der Waals surface area (Å²) in [5, 5.41) is 5.37. The lowest BCUT2D eigenvalue weighted by Crippen LogP contribution is -2.35. The normalized spacial score (nSPS) is 15.9. The lowest BCUT2D eigenvalue weighted by atomic mass is 9.99. The molecule has 1 atom stereocenters. The first-order chi connectivity index (χ1) is 17.9. The zero-order valence-corrected chi connectivity index (χ0v) is 22.1. The maximum absolute atomic E-state index is 13.4. The summed E-state index contributed by atoms with van der Waals surface area (Å²) < 4.78 is 11.2. The number of fused-ring (bicyclic) bond motifs is 1. The van der Waals surface area contributed by atoms with Crippen molar-refractivity contribution in [3.63, 3.8) is 0 Å². The molecule has 8 nitrogen and oxygen atoms in total. The van der Waals surface area contributed by atoms with Gasteiger partial charge in [0.1, 0.15) is 5.84 Å². The van der Waals surface area contributed by atoms with Gasteiger partial charge in [0.15, 0.2) is 0 Å². The third-order valence-corrected chi connectivity index (χ3v) is 7.37. The van der Waals surface area contributed by atoms with Crippen molar-refractivity contribution in [3.8, 4) is 11.1 Å². The van der Waals surface area contributed by atoms with Gasteiger partial charge in [0.2, 0.25) is 5.91 Å². The van der Waals surface area contributed by atoms with Crippen molar-refractivity contribution in [1.29, 1.82) is 0 Å². The second kappa shape index (κ2) is 12.3. The van der Waals surface area contributed by atoms with Crippen molar-refractivity contribution in [2.24, 2.45) is 15.9 Å². The molecular formula is C28H35N5O3S. The van der Waals surface area contributed by atoms with Crippen LogP contribution in [0.4, 0.5) is 5.69 Å². The molecule has 2 aliphatic heterocycles. The Morgan fingerprint density at radius 1 is 1.05 bits per heavy atom. The summed E-state index contributed by atoms with van der Waals surface area (Å²) in [6.45, 7) is 4.77. The van der Waals surface area contributed by atoms with Crippen LogP contribution in [0.3, 0.4) is 0 Å². The smallest absolute Gasteiger partial charge is 0.253 e. The van der Waals surface area contributed by atoms with Gasteiger partial charge in [-0.25, -0.2) is 9.20 Å². The number of carbonyl (C=O) groups is 2. The zero-order chi connectivity index (χ0) is 26.4. The average Bonchev–Trinajstić information content (AvgIpc) is 3.37. The number of hydrogen-bond donors (Lipinski definition) is 2. The van der Waals surface area contributed by atoms with E-state index in [1.807, 2.05) is 60.4 Å². The van der Waals surface area contributed by atoms with Gasteiger partial charge in [-0.15, -0.1) is 0 Å². The molecule has 37 heavy (non-hydrogen) atoms. The summed E-state index contributed by atoms with van der Waals surface area (Å²) >= 11 is 0. The second-order valence-corrected chi connectivity index (χ2v) is 10.7. The van der Waals surface area contributed by atoms with Crippen LogP contribution in [-0.4, -0.2) is 63.6 Å². The fraction of sp³-hybridized carbons (Fsp3) is 0.393. The van der Waals surface area contributed by atoms with E-state index < -0.39 is 11.0 Å². The van der Waals surface area contributed by atoms with Gasteiger partial charge in [-0.1, -0.05) is 31.2 Å². The summed E-state index contributed by atoms with van der Waals surface area (Å²) in [6, 6.07) is 13.6. The van der Waals surface area contributed by atoms with Gasteiger partial charge >= 0.3 is 0 Å². The molecule has 2 heterocycles. The highest BCUT2D eigenvalue weighted by Crippen LogP contribution is 2.32. The topological polar surface area (TPSA) is 122 Å². The third-order valence-electron chi connectivity index (χ3n) is 6.68. The van der Waals surface area contributed by atoms with Crippen LogP contribution in [-0.2, 0) is 15.8 Å². The van der Waals surface area contributed by atoms with E-state index in [9.17, 15) is 13.8 Å². The number of benzene rings is 2. The molecule has 9 heteroatoms. The standard InChI is InChI=1S/C28H35N5O3S/c1-2-12-32(15-5-16-37(30)36)28(35)24-17-23-11-10-22(18-25(23)31-26(29)19-24)20-6-8-21(9-7-20)27(34)33-13-3-4-14-33/h6-11,17-18H,2-5,12-16,19,30H2,1H3,(H2,29,31). The predicted octanol–water partition coefficient (Wildman–Crippen LogP) is 3.62. The molecule has 4 N–H and O–H groups in total. The van der Waals surface area contributed by atoms with Crippen LogP contribution >= 0.6 is 0 Å². The fourth-order valence-corrected chi connectivity index (χ4v) is 5.21. The number of amidine groups is 1. The van der Waals surface area contributed by atoms with Crippen LogP contribution in [0.2, 0.25) is 0 Å². The minimum atomic E-state index is -1.38. The Morgan fingerprint density at radius 2 is 1.76 bits per heavy atom. The van der Waals surface area contributed by atoms with Gasteiger partial charge in [-0.3, -0.25) is 14.7 Å². The lowest BCUT2D eigenvalue weighted by Gasteiger charge is -2.23. The van der Waals surface area contributed by atoms with E-state index >= 15 is 0 Å². The SMILES string of the molecule is CCCN(CCCS(N)=O)C(=O)C1=Cc2ccc(-c3ccc(C(=O)N4CCCC4)cc3)cc2N=C(N)C1. The minimum Gasteiger partial charge on any atom is -0.387 e. The van der Waals surface area contributed by atoms with Gasteiger partial charge in [0, 0.05) is 55.1 Å². The number of amides is 2. The van der Waals surface area contributed by atoms with Gasteiger partial charge in [-0.2, -0.15) is 0 Å². The Morgan fingerprint density at radius 3 is 2.43 bits per heavy atom. The third kappa shape index (κ3) is 6.72. The van der Waals surface area contributed by atoms with Crippen LogP contribution in [0.25, 0.3) is 17.2 Å². The Hall–Kier alpha value is -3.30. The van der Waals surface area contributed by atoms with Crippen LogP contribution < -0.4 is 10.9 Å². The molecule has 1 unspecified atom stereocenters. The quantitative estimate of drug-likeness (QED) is 0.523. The fourth-order valence-electron chi connectivity index (χ4n) is 4.80. The first-order valence-corrected chi connectivity index (χ1v) is 14.2. The molecule has 0 bridgehead atoms. The molecule has 1 saturated heterocycles. The maximum atomic E-state index is 13.4. The van der Waals surface area contributed by atoms with E-state index in [1.54, 1.807) is 4.90 Å². The summed E-state index contributed by atoms with van der Waals surface area (Å²) in [6.07, 6.45) is 5.66. The molecule has 4 rings (SSSR count). The lowest BCUT2D eigenvalue weighted by molar-refractivity contribution is -0.127. The summed E-state index contributed by atoms with van der Waals surface area (Å²) in [4.78, 5) is 34.3. The molecule has 2 amide bonds. The van der Waals surface area contributed by atoms with E-state index in [2.05, 4.69) is 4.99 Å². The number of nitrogens with two attached hydrogens (primary N) is 2. The van der Waals surface area contributed by atoms with Crippen molar-refractivity contribution in [3.05, 3.63) is 59.2 Å². The van der Waals surface area contributed by atoms with E-state index in [0.717, 1.165) is 49.0 Å². The van der Waals surface area contributed by atoms with Crippen molar-refractivity contribution < 1.29 is 13.8 Å². The highest BCUT2D eigenvalue weighted by molar-refractivity contribution is 7.82. The van der Waals surface area contributed by atoms with E-state index in [0.29, 0.717) is 47.9 Å². The Labute approximate surface area is 221 Å². The molecule has 2 aromatic carbocycles. The zero-order valence-electron chi connectivity index (χ0n) is 21.3. The highest BCUT2D eigenvalue weighted by atomic mass is 32.2. The number of likely N-dealkylation sites (tertiary alicyclic amines) is 1. The molecule has 0 radical (unpaired) electrons. The molecule has 0 saturated carbocycles. The van der Waals surface area contributed by atoms with Crippen LogP contribution in [0.1, 0.15) is 54.9 Å².